The Bertz CT molecular complexity index is 453. The van der Waals surface area contributed by atoms with Crippen molar-refractivity contribution in [1.29, 1.82) is 0 Å². The van der Waals surface area contributed by atoms with Gasteiger partial charge in [0.15, 0.2) is 0 Å². The van der Waals surface area contributed by atoms with Crippen LogP contribution in [0.3, 0.4) is 0 Å². The Hall–Kier alpha value is -0.700. The fourth-order valence-electron chi connectivity index (χ4n) is 3.04. The van der Waals surface area contributed by atoms with Crippen LogP contribution in [0.25, 0.3) is 0 Å². The van der Waals surface area contributed by atoms with Crippen molar-refractivity contribution in [2.45, 2.75) is 58.5 Å². The smallest absolute Gasteiger partial charge is 0.320 e. The van der Waals surface area contributed by atoms with Gasteiger partial charge in [-0.05, 0) is 47.1 Å². The Morgan fingerprint density at radius 3 is 2.13 bits per heavy atom. The summed E-state index contributed by atoms with van der Waals surface area (Å²) < 4.78 is 31.5. The van der Waals surface area contributed by atoms with Crippen molar-refractivity contribution in [2.24, 2.45) is 0 Å². The first kappa shape index (κ1) is 22.3. The Morgan fingerprint density at radius 1 is 1.17 bits per heavy atom. The third kappa shape index (κ3) is 8.64. The van der Waals surface area contributed by atoms with Crippen molar-refractivity contribution in [3.05, 3.63) is 0 Å². The van der Waals surface area contributed by atoms with Gasteiger partial charge in [0, 0.05) is 6.42 Å². The summed E-state index contributed by atoms with van der Waals surface area (Å²) >= 11 is 0. The number of unbranched alkanes of at least 4 members (excludes halogenated alkanes) is 1. The van der Waals surface area contributed by atoms with Gasteiger partial charge in [-0.2, -0.15) is 8.42 Å². The SMILES string of the molecule is CC[N+](CCCC[C@@H](NC)C(=O)O)(CCCS(=O)(=O)O)C(C)C. The number of likely N-dealkylation sites (N-methyl/N-ethyl adjacent to an activating group) is 1. The highest BCUT2D eigenvalue weighted by Gasteiger charge is 2.29. The molecular weight excluding hydrogens is 320 g/mol. The van der Waals surface area contributed by atoms with Gasteiger partial charge in [0.05, 0.1) is 31.4 Å². The van der Waals surface area contributed by atoms with Crippen LogP contribution in [-0.4, -0.2) is 73.0 Å². The molecule has 0 spiro atoms. The molecule has 0 rings (SSSR count). The largest absolute Gasteiger partial charge is 0.480 e. The second-order valence-electron chi connectivity index (χ2n) is 6.39. The monoisotopic (exact) mass is 353 g/mol. The zero-order chi connectivity index (χ0) is 18.1. The fraction of sp³-hybridized carbons (Fsp3) is 0.933. The molecule has 0 aliphatic heterocycles. The molecule has 3 N–H and O–H groups in total. The molecule has 0 aliphatic rings. The van der Waals surface area contributed by atoms with Gasteiger partial charge in [-0.1, -0.05) is 0 Å². The first-order chi connectivity index (χ1) is 10.6. The topological polar surface area (TPSA) is 104 Å². The maximum Gasteiger partial charge on any atom is 0.320 e. The summed E-state index contributed by atoms with van der Waals surface area (Å²) in [6, 6.07) is -0.168. The number of quaternary nitrogens is 1. The van der Waals surface area contributed by atoms with Crippen LogP contribution < -0.4 is 5.32 Å². The molecule has 8 heteroatoms. The van der Waals surface area contributed by atoms with Crippen LogP contribution in [0.15, 0.2) is 0 Å². The number of carboxylic acid groups (broad SMARTS) is 1. The minimum atomic E-state index is -3.91. The Balaban J connectivity index is 4.52. The van der Waals surface area contributed by atoms with E-state index < -0.39 is 22.1 Å². The van der Waals surface area contributed by atoms with E-state index in [0.29, 0.717) is 25.4 Å². The summed E-state index contributed by atoms with van der Waals surface area (Å²) in [5.41, 5.74) is 0. The van der Waals surface area contributed by atoms with Gasteiger partial charge in [-0.3, -0.25) is 9.35 Å². The van der Waals surface area contributed by atoms with Gasteiger partial charge in [-0.15, -0.1) is 0 Å². The molecule has 0 aromatic rings. The van der Waals surface area contributed by atoms with Crippen molar-refractivity contribution < 1.29 is 27.4 Å². The van der Waals surface area contributed by atoms with Gasteiger partial charge in [0.25, 0.3) is 10.1 Å². The van der Waals surface area contributed by atoms with Gasteiger partial charge in [0.2, 0.25) is 0 Å². The van der Waals surface area contributed by atoms with E-state index in [1.165, 1.54) is 0 Å². The summed E-state index contributed by atoms with van der Waals surface area (Å²) in [7, 11) is -2.27. The average molecular weight is 354 g/mol. The minimum absolute atomic E-state index is 0.208. The predicted molar refractivity (Wildman–Crippen MR) is 91.0 cm³/mol. The molecule has 0 saturated carbocycles. The molecule has 2 atom stereocenters. The van der Waals surface area contributed by atoms with E-state index in [0.717, 1.165) is 30.4 Å². The third-order valence-corrected chi connectivity index (χ3v) is 5.53. The lowest BCUT2D eigenvalue weighted by Crippen LogP contribution is -2.54. The van der Waals surface area contributed by atoms with Crippen LogP contribution >= 0.6 is 0 Å². The van der Waals surface area contributed by atoms with Crippen molar-refractivity contribution >= 4 is 16.1 Å². The lowest BCUT2D eigenvalue weighted by atomic mass is 10.1. The number of carbonyl (C=O) groups is 1. The Labute approximate surface area is 140 Å². The molecule has 0 fully saturated rings. The van der Waals surface area contributed by atoms with Crippen LogP contribution in [0.1, 0.15) is 46.5 Å². The predicted octanol–water partition coefficient (Wildman–Crippen LogP) is 1.35. The highest BCUT2D eigenvalue weighted by atomic mass is 32.2. The van der Waals surface area contributed by atoms with Gasteiger partial charge >= 0.3 is 5.97 Å². The Kier molecular flexibility index (Phi) is 9.91. The minimum Gasteiger partial charge on any atom is -0.480 e. The zero-order valence-electron chi connectivity index (χ0n) is 14.8. The van der Waals surface area contributed by atoms with Gasteiger partial charge in [-0.25, -0.2) is 0 Å². The molecule has 0 bridgehead atoms. The lowest BCUT2D eigenvalue weighted by Gasteiger charge is -2.42. The first-order valence-electron chi connectivity index (χ1n) is 8.29. The average Bonchev–Trinajstić information content (AvgIpc) is 2.43. The number of aliphatic carboxylic acids is 1. The summed E-state index contributed by atoms with van der Waals surface area (Å²) in [5.74, 6) is -1.04. The number of rotatable bonds is 13. The molecule has 0 aliphatic carbocycles. The molecule has 0 amide bonds. The van der Waals surface area contributed by atoms with Crippen molar-refractivity contribution in [3.8, 4) is 0 Å². The second-order valence-corrected chi connectivity index (χ2v) is 7.96. The summed E-state index contributed by atoms with van der Waals surface area (Å²) in [6.07, 6.45) is 2.71. The van der Waals surface area contributed by atoms with Crippen LogP contribution in [0.5, 0.6) is 0 Å². The zero-order valence-corrected chi connectivity index (χ0v) is 15.6. The van der Waals surface area contributed by atoms with Crippen molar-refractivity contribution in [3.63, 3.8) is 0 Å². The van der Waals surface area contributed by atoms with Crippen LogP contribution in [0.4, 0.5) is 0 Å². The van der Waals surface area contributed by atoms with Crippen molar-refractivity contribution in [1.82, 2.24) is 5.32 Å². The summed E-state index contributed by atoms with van der Waals surface area (Å²) in [6.45, 7) is 8.78. The lowest BCUT2D eigenvalue weighted by molar-refractivity contribution is -0.946. The number of hydrogen-bond donors (Lipinski definition) is 3. The number of carboxylic acids is 1. The number of nitrogens with zero attached hydrogens (tertiary/aromatic N) is 1. The molecule has 23 heavy (non-hydrogen) atoms. The van der Waals surface area contributed by atoms with Crippen LogP contribution in [0.2, 0.25) is 0 Å². The van der Waals surface area contributed by atoms with Gasteiger partial charge < -0.3 is 14.9 Å². The first-order valence-corrected chi connectivity index (χ1v) is 9.90. The quantitative estimate of drug-likeness (QED) is 0.262. The second kappa shape index (κ2) is 10.2. The number of nitrogens with one attached hydrogen (secondary N) is 1. The highest BCUT2D eigenvalue weighted by molar-refractivity contribution is 7.85. The van der Waals surface area contributed by atoms with E-state index in [1.54, 1.807) is 7.05 Å². The van der Waals surface area contributed by atoms with E-state index >= 15 is 0 Å². The van der Waals surface area contributed by atoms with E-state index in [9.17, 15) is 13.2 Å². The van der Waals surface area contributed by atoms with Crippen LogP contribution in [0, 0.1) is 0 Å². The van der Waals surface area contributed by atoms with Crippen LogP contribution in [-0.2, 0) is 14.9 Å². The summed E-state index contributed by atoms with van der Waals surface area (Å²) in [5, 5.41) is 11.8. The highest BCUT2D eigenvalue weighted by Crippen LogP contribution is 2.18. The molecule has 0 aromatic heterocycles. The van der Waals surface area contributed by atoms with E-state index in [2.05, 4.69) is 26.1 Å². The number of hydrogen-bond acceptors (Lipinski definition) is 4. The normalized spacial score (nSPS) is 16.3. The maximum atomic E-state index is 11.0. The molecule has 7 nitrogen and oxygen atoms in total. The van der Waals surface area contributed by atoms with E-state index in [4.69, 9.17) is 9.66 Å². The van der Waals surface area contributed by atoms with E-state index in [1.807, 2.05) is 0 Å². The molecule has 0 aromatic carbocycles. The molecule has 0 radical (unpaired) electrons. The fourth-order valence-corrected chi connectivity index (χ4v) is 3.53. The van der Waals surface area contributed by atoms with Crippen molar-refractivity contribution in [2.75, 3.05) is 32.4 Å². The Morgan fingerprint density at radius 2 is 1.74 bits per heavy atom. The standard InChI is InChI=1S/C15H32N2O5S/c1-5-17(13(2)3,11-8-12-23(20,21)22)10-7-6-9-14(16-4)15(18)19/h13-14,16H,5-12H2,1-4H3,(H-,18,19,20,21,22)/p+1/t14-,17?/m1/s1. The molecule has 138 valence electrons. The molecule has 0 saturated heterocycles. The molecule has 1 unspecified atom stereocenters. The van der Waals surface area contributed by atoms with E-state index in [-0.39, 0.29) is 5.75 Å². The third-order valence-electron chi connectivity index (χ3n) is 4.72. The summed E-state index contributed by atoms with van der Waals surface area (Å²) in [4.78, 5) is 11.0. The maximum absolute atomic E-state index is 11.0. The molecular formula is C15H33N2O5S+. The van der Waals surface area contributed by atoms with Gasteiger partial charge in [0.1, 0.15) is 6.04 Å². The molecule has 0 heterocycles.